The Labute approximate surface area is 139 Å². The summed E-state index contributed by atoms with van der Waals surface area (Å²) in [6.45, 7) is 23.2. The van der Waals surface area contributed by atoms with Crippen LogP contribution in [-0.2, 0) is 0 Å². The van der Waals surface area contributed by atoms with Gasteiger partial charge in [-0.05, 0) is 43.8 Å². The van der Waals surface area contributed by atoms with E-state index in [0.29, 0.717) is 6.42 Å². The predicted molar refractivity (Wildman–Crippen MR) is 99.8 cm³/mol. The molecule has 126 valence electrons. The molecule has 0 unspecified atom stereocenters. The molecular formula is C20H36N2. The largest absolute Gasteiger partial charge is 0.299 e. The summed E-state index contributed by atoms with van der Waals surface area (Å²) >= 11 is 0. The Kier molecular flexibility index (Phi) is 13.9. The first-order valence-electron chi connectivity index (χ1n) is 8.57. The first-order valence-corrected chi connectivity index (χ1v) is 8.57. The molecule has 0 aromatic carbocycles. The average molecular weight is 305 g/mol. The third kappa shape index (κ3) is 9.58. The summed E-state index contributed by atoms with van der Waals surface area (Å²) in [4.78, 5) is 2.42. The van der Waals surface area contributed by atoms with Crippen molar-refractivity contribution in [2.45, 2.75) is 60.8 Å². The molecule has 0 bridgehead atoms. The van der Waals surface area contributed by atoms with Crippen molar-refractivity contribution in [1.82, 2.24) is 4.90 Å². The van der Waals surface area contributed by atoms with Gasteiger partial charge >= 0.3 is 0 Å². The van der Waals surface area contributed by atoms with Crippen LogP contribution in [0.15, 0.2) is 36.5 Å². The van der Waals surface area contributed by atoms with Crippen LogP contribution in [0.2, 0.25) is 0 Å². The van der Waals surface area contributed by atoms with E-state index in [1.54, 1.807) is 0 Å². The zero-order valence-corrected chi connectivity index (χ0v) is 15.7. The molecule has 0 atom stereocenters. The van der Waals surface area contributed by atoms with Gasteiger partial charge in [0.25, 0.3) is 0 Å². The highest BCUT2D eigenvalue weighted by atomic mass is 15.1. The lowest BCUT2D eigenvalue weighted by atomic mass is 9.78. The molecule has 0 amide bonds. The fourth-order valence-electron chi connectivity index (χ4n) is 2.33. The molecule has 0 N–H and O–H groups in total. The second-order valence-electron chi connectivity index (χ2n) is 5.67. The van der Waals surface area contributed by atoms with Crippen LogP contribution in [0.3, 0.4) is 0 Å². The number of hydrogen-bond donors (Lipinski definition) is 0. The van der Waals surface area contributed by atoms with Crippen molar-refractivity contribution in [1.29, 1.82) is 5.26 Å². The Balaban J connectivity index is 0. The molecule has 1 aliphatic rings. The first kappa shape index (κ1) is 22.9. The minimum atomic E-state index is 0.222. The standard InChI is InChI=1S/C16H24N2.2C2H6/c1-5-14(2)12-15(3)13-18-10-7-16(4,6-9-17)8-11-18;2*1-2/h5,12H,1,3,6-8,10-11,13H2,2,4H3;2*1-2H3/b14-12-;;. The summed E-state index contributed by atoms with van der Waals surface area (Å²) in [6, 6.07) is 2.31. The zero-order valence-electron chi connectivity index (χ0n) is 15.7. The van der Waals surface area contributed by atoms with Gasteiger partial charge in [0.15, 0.2) is 0 Å². The van der Waals surface area contributed by atoms with E-state index in [9.17, 15) is 0 Å². The van der Waals surface area contributed by atoms with E-state index in [-0.39, 0.29) is 5.41 Å². The third-order valence-electron chi connectivity index (χ3n) is 3.75. The van der Waals surface area contributed by atoms with Gasteiger partial charge < -0.3 is 0 Å². The second-order valence-corrected chi connectivity index (χ2v) is 5.67. The molecule has 1 saturated heterocycles. The van der Waals surface area contributed by atoms with E-state index < -0.39 is 0 Å². The fraction of sp³-hybridized carbons (Fsp3) is 0.650. The fourth-order valence-corrected chi connectivity index (χ4v) is 2.33. The van der Waals surface area contributed by atoms with Gasteiger partial charge in [-0.3, -0.25) is 4.90 Å². The monoisotopic (exact) mass is 304 g/mol. The van der Waals surface area contributed by atoms with Crippen molar-refractivity contribution < 1.29 is 0 Å². The highest BCUT2D eigenvalue weighted by Gasteiger charge is 2.29. The lowest BCUT2D eigenvalue weighted by molar-refractivity contribution is 0.130. The number of hydrogen-bond acceptors (Lipinski definition) is 2. The lowest BCUT2D eigenvalue weighted by Crippen LogP contribution is -2.39. The van der Waals surface area contributed by atoms with Gasteiger partial charge in [-0.25, -0.2) is 0 Å². The van der Waals surface area contributed by atoms with Gasteiger partial charge in [0.2, 0.25) is 0 Å². The SMILES string of the molecule is C=C/C(C)=C\C(=C)CN1CCC(C)(CC#N)CC1.CC.CC. The summed E-state index contributed by atoms with van der Waals surface area (Å²) < 4.78 is 0. The summed E-state index contributed by atoms with van der Waals surface area (Å²) in [7, 11) is 0. The maximum absolute atomic E-state index is 8.83. The normalized spacial score (nSPS) is 17.0. The quantitative estimate of drug-likeness (QED) is 0.605. The molecule has 1 fully saturated rings. The molecule has 22 heavy (non-hydrogen) atoms. The molecule has 1 aliphatic heterocycles. The van der Waals surface area contributed by atoms with E-state index in [1.807, 2.05) is 40.7 Å². The van der Waals surface area contributed by atoms with Gasteiger partial charge in [0.1, 0.15) is 0 Å². The Morgan fingerprint density at radius 1 is 1.23 bits per heavy atom. The number of allylic oxidation sites excluding steroid dienone is 2. The van der Waals surface area contributed by atoms with Crippen molar-refractivity contribution in [3.63, 3.8) is 0 Å². The summed E-state index contributed by atoms with van der Waals surface area (Å²) in [5.41, 5.74) is 2.52. The topological polar surface area (TPSA) is 27.0 Å². The van der Waals surface area contributed by atoms with Crippen molar-refractivity contribution in [3.8, 4) is 6.07 Å². The van der Waals surface area contributed by atoms with Crippen LogP contribution in [0.5, 0.6) is 0 Å². The summed E-state index contributed by atoms with van der Waals surface area (Å²) in [6.07, 6.45) is 6.84. The number of nitriles is 1. The van der Waals surface area contributed by atoms with Crippen molar-refractivity contribution in [3.05, 3.63) is 36.5 Å². The van der Waals surface area contributed by atoms with Crippen molar-refractivity contribution in [2.24, 2.45) is 5.41 Å². The zero-order chi connectivity index (χ0) is 17.6. The molecular weight excluding hydrogens is 268 g/mol. The summed E-state index contributed by atoms with van der Waals surface area (Å²) in [5.74, 6) is 0. The maximum atomic E-state index is 8.83. The average Bonchev–Trinajstić information content (AvgIpc) is 2.54. The van der Waals surface area contributed by atoms with E-state index in [1.165, 1.54) is 0 Å². The molecule has 1 heterocycles. The summed E-state index contributed by atoms with van der Waals surface area (Å²) in [5, 5.41) is 8.83. The number of likely N-dealkylation sites (tertiary alicyclic amines) is 1. The molecule has 0 spiro atoms. The smallest absolute Gasteiger partial charge is 0.0627 e. The van der Waals surface area contributed by atoms with Crippen LogP contribution >= 0.6 is 0 Å². The van der Waals surface area contributed by atoms with E-state index in [2.05, 4.69) is 37.1 Å². The third-order valence-corrected chi connectivity index (χ3v) is 3.75. The van der Waals surface area contributed by atoms with Gasteiger partial charge in [-0.2, -0.15) is 5.26 Å². The molecule has 1 rings (SSSR count). The van der Waals surface area contributed by atoms with Crippen LogP contribution in [0.1, 0.15) is 60.8 Å². The van der Waals surface area contributed by atoms with Gasteiger partial charge in [-0.1, -0.05) is 65.5 Å². The highest BCUT2D eigenvalue weighted by molar-refractivity contribution is 5.26. The number of nitrogens with zero attached hydrogens (tertiary/aromatic N) is 2. The first-order chi connectivity index (χ1) is 10.5. The van der Waals surface area contributed by atoms with E-state index in [0.717, 1.165) is 43.6 Å². The van der Waals surface area contributed by atoms with Gasteiger partial charge in [-0.15, -0.1) is 0 Å². The van der Waals surface area contributed by atoms with Crippen LogP contribution in [-0.4, -0.2) is 24.5 Å². The number of rotatable bonds is 5. The molecule has 0 radical (unpaired) electrons. The van der Waals surface area contributed by atoms with Crippen LogP contribution in [0.4, 0.5) is 0 Å². The van der Waals surface area contributed by atoms with E-state index in [4.69, 9.17) is 5.26 Å². The van der Waals surface area contributed by atoms with Gasteiger partial charge in [0.05, 0.1) is 6.07 Å². The van der Waals surface area contributed by atoms with Crippen molar-refractivity contribution in [2.75, 3.05) is 19.6 Å². The minimum absolute atomic E-state index is 0.222. The molecule has 0 aromatic heterocycles. The Hall–Kier alpha value is -1.33. The minimum Gasteiger partial charge on any atom is -0.299 e. The predicted octanol–water partition coefficient (Wildman–Crippen LogP) is 5.74. The molecule has 0 aromatic rings. The van der Waals surface area contributed by atoms with Crippen LogP contribution < -0.4 is 0 Å². The second kappa shape index (κ2) is 13.3. The molecule has 2 nitrogen and oxygen atoms in total. The molecule has 0 saturated carbocycles. The van der Waals surface area contributed by atoms with Crippen LogP contribution in [0.25, 0.3) is 0 Å². The number of piperidine rings is 1. The highest BCUT2D eigenvalue weighted by Crippen LogP contribution is 2.34. The van der Waals surface area contributed by atoms with Crippen LogP contribution in [0, 0.1) is 16.7 Å². The maximum Gasteiger partial charge on any atom is 0.0627 e. The Morgan fingerprint density at radius 3 is 2.14 bits per heavy atom. The van der Waals surface area contributed by atoms with Crippen molar-refractivity contribution >= 4 is 0 Å². The molecule has 0 aliphatic carbocycles. The molecule has 2 heteroatoms. The van der Waals surface area contributed by atoms with E-state index >= 15 is 0 Å². The van der Waals surface area contributed by atoms with Gasteiger partial charge in [0, 0.05) is 13.0 Å². The Morgan fingerprint density at radius 2 is 1.73 bits per heavy atom. The Bertz CT molecular complexity index is 377. The lowest BCUT2D eigenvalue weighted by Gasteiger charge is -2.38.